The number of amides is 1. The molecule has 1 saturated heterocycles. The van der Waals surface area contributed by atoms with E-state index in [1.54, 1.807) is 18.2 Å². The lowest BCUT2D eigenvalue weighted by molar-refractivity contribution is -0.120. The van der Waals surface area contributed by atoms with Crippen LogP contribution in [0, 0.1) is 5.92 Å². The van der Waals surface area contributed by atoms with Crippen LogP contribution >= 0.6 is 23.2 Å². The van der Waals surface area contributed by atoms with Crippen molar-refractivity contribution in [3.05, 3.63) is 28.2 Å². The largest absolute Gasteiger partial charge is 0.326 e. The average molecular weight is 273 g/mol. The molecule has 2 rings (SSSR count). The van der Waals surface area contributed by atoms with Gasteiger partial charge in [0.15, 0.2) is 0 Å². The first-order valence-corrected chi connectivity index (χ1v) is 6.39. The average Bonchev–Trinajstić information content (AvgIpc) is 2.35. The highest BCUT2D eigenvalue weighted by Gasteiger charge is 2.20. The first-order valence-electron chi connectivity index (χ1n) is 5.63. The molecular formula is C12H14Cl2N2O. The number of hydrogen-bond donors (Lipinski definition) is 2. The predicted molar refractivity (Wildman–Crippen MR) is 70.7 cm³/mol. The van der Waals surface area contributed by atoms with Gasteiger partial charge in [0.25, 0.3) is 0 Å². The lowest BCUT2D eigenvalue weighted by Crippen LogP contribution is -2.34. The number of hydrogen-bond acceptors (Lipinski definition) is 2. The van der Waals surface area contributed by atoms with Crippen LogP contribution in [0.5, 0.6) is 0 Å². The van der Waals surface area contributed by atoms with Crippen molar-refractivity contribution in [2.24, 2.45) is 5.92 Å². The molecule has 0 spiro atoms. The van der Waals surface area contributed by atoms with E-state index in [2.05, 4.69) is 10.6 Å². The molecule has 0 aliphatic carbocycles. The quantitative estimate of drug-likeness (QED) is 0.869. The van der Waals surface area contributed by atoms with Crippen molar-refractivity contribution in [2.75, 3.05) is 18.4 Å². The van der Waals surface area contributed by atoms with Crippen molar-refractivity contribution in [3.63, 3.8) is 0 Å². The molecule has 1 amide bonds. The molecule has 92 valence electrons. The second-order valence-electron chi connectivity index (χ2n) is 4.14. The molecule has 1 heterocycles. The Balaban J connectivity index is 1.99. The van der Waals surface area contributed by atoms with Gasteiger partial charge in [-0.3, -0.25) is 4.79 Å². The van der Waals surface area contributed by atoms with E-state index in [-0.39, 0.29) is 11.8 Å². The van der Waals surface area contributed by atoms with Crippen LogP contribution < -0.4 is 10.6 Å². The van der Waals surface area contributed by atoms with E-state index < -0.39 is 0 Å². The van der Waals surface area contributed by atoms with Crippen molar-refractivity contribution < 1.29 is 4.79 Å². The van der Waals surface area contributed by atoms with E-state index in [0.717, 1.165) is 25.9 Å². The number of carbonyl (C=O) groups is 1. The standard InChI is InChI=1S/C12H14Cl2N2O/c13-10-2-1-9(7-11(10)14)16-12(17)8-3-5-15-6-4-8/h1-2,7-8,15H,3-6H2,(H,16,17). The van der Waals surface area contributed by atoms with Gasteiger partial charge in [0.2, 0.25) is 5.91 Å². The Morgan fingerprint density at radius 2 is 1.94 bits per heavy atom. The summed E-state index contributed by atoms with van der Waals surface area (Å²) in [5.41, 5.74) is 0.697. The molecule has 0 radical (unpaired) electrons. The van der Waals surface area contributed by atoms with Crippen molar-refractivity contribution in [2.45, 2.75) is 12.8 Å². The van der Waals surface area contributed by atoms with Crippen LogP contribution in [0.25, 0.3) is 0 Å². The van der Waals surface area contributed by atoms with Crippen LogP contribution in [0.4, 0.5) is 5.69 Å². The lowest BCUT2D eigenvalue weighted by atomic mass is 9.97. The van der Waals surface area contributed by atoms with Gasteiger partial charge < -0.3 is 10.6 Å². The molecule has 3 nitrogen and oxygen atoms in total. The third-order valence-corrected chi connectivity index (χ3v) is 3.64. The monoisotopic (exact) mass is 272 g/mol. The molecule has 0 bridgehead atoms. The van der Waals surface area contributed by atoms with Gasteiger partial charge in [0, 0.05) is 11.6 Å². The van der Waals surface area contributed by atoms with Crippen molar-refractivity contribution >= 4 is 34.8 Å². The summed E-state index contributed by atoms with van der Waals surface area (Å²) in [7, 11) is 0. The summed E-state index contributed by atoms with van der Waals surface area (Å²) >= 11 is 11.7. The van der Waals surface area contributed by atoms with Crippen molar-refractivity contribution in [1.29, 1.82) is 0 Å². The highest BCUT2D eigenvalue weighted by molar-refractivity contribution is 6.42. The fourth-order valence-electron chi connectivity index (χ4n) is 1.90. The summed E-state index contributed by atoms with van der Waals surface area (Å²) in [6.45, 7) is 1.80. The van der Waals surface area contributed by atoms with E-state index in [9.17, 15) is 4.79 Å². The van der Waals surface area contributed by atoms with Gasteiger partial charge in [0.1, 0.15) is 0 Å². The maximum absolute atomic E-state index is 11.9. The maximum Gasteiger partial charge on any atom is 0.227 e. The van der Waals surface area contributed by atoms with Gasteiger partial charge >= 0.3 is 0 Å². The predicted octanol–water partition coefficient (Wildman–Crippen LogP) is 2.93. The molecule has 1 fully saturated rings. The zero-order chi connectivity index (χ0) is 12.3. The summed E-state index contributed by atoms with van der Waals surface area (Å²) < 4.78 is 0. The zero-order valence-corrected chi connectivity index (χ0v) is 10.8. The van der Waals surface area contributed by atoms with Gasteiger partial charge in [0.05, 0.1) is 10.0 Å². The Morgan fingerprint density at radius 1 is 1.24 bits per heavy atom. The molecule has 1 aliphatic rings. The van der Waals surface area contributed by atoms with Crippen LogP contribution in [0.2, 0.25) is 10.0 Å². The lowest BCUT2D eigenvalue weighted by Gasteiger charge is -2.21. The second kappa shape index (κ2) is 5.71. The minimum atomic E-state index is 0.0601. The number of anilines is 1. The van der Waals surface area contributed by atoms with Gasteiger partial charge in [-0.05, 0) is 44.1 Å². The number of benzene rings is 1. The SMILES string of the molecule is O=C(Nc1ccc(Cl)c(Cl)c1)C1CCNCC1. The van der Waals surface area contributed by atoms with Gasteiger partial charge in [-0.15, -0.1) is 0 Å². The first kappa shape index (κ1) is 12.7. The molecule has 2 N–H and O–H groups in total. The molecule has 1 aliphatic heterocycles. The molecule has 1 aromatic carbocycles. The van der Waals surface area contributed by atoms with Crippen LogP contribution in [0.3, 0.4) is 0 Å². The van der Waals surface area contributed by atoms with Crippen LogP contribution in [0.15, 0.2) is 18.2 Å². The molecular weight excluding hydrogens is 259 g/mol. The number of carbonyl (C=O) groups excluding carboxylic acids is 1. The van der Waals surface area contributed by atoms with Gasteiger partial charge in [-0.25, -0.2) is 0 Å². The fourth-order valence-corrected chi connectivity index (χ4v) is 2.20. The molecule has 17 heavy (non-hydrogen) atoms. The van der Waals surface area contributed by atoms with E-state index in [1.807, 2.05) is 0 Å². The molecule has 0 unspecified atom stereocenters. The normalized spacial score (nSPS) is 16.8. The minimum absolute atomic E-state index is 0.0601. The molecule has 1 aromatic rings. The van der Waals surface area contributed by atoms with Crippen LogP contribution in [0.1, 0.15) is 12.8 Å². The third-order valence-electron chi connectivity index (χ3n) is 2.90. The van der Waals surface area contributed by atoms with Crippen LogP contribution in [-0.2, 0) is 4.79 Å². The summed E-state index contributed by atoms with van der Waals surface area (Å²) in [4.78, 5) is 11.9. The van der Waals surface area contributed by atoms with E-state index in [0.29, 0.717) is 15.7 Å². The van der Waals surface area contributed by atoms with E-state index >= 15 is 0 Å². The first-order chi connectivity index (χ1) is 8.16. The summed E-state index contributed by atoms with van der Waals surface area (Å²) in [6.07, 6.45) is 1.76. The van der Waals surface area contributed by atoms with Gasteiger partial charge in [-0.2, -0.15) is 0 Å². The van der Waals surface area contributed by atoms with Crippen molar-refractivity contribution in [3.8, 4) is 0 Å². The minimum Gasteiger partial charge on any atom is -0.326 e. The van der Waals surface area contributed by atoms with Crippen LogP contribution in [-0.4, -0.2) is 19.0 Å². The summed E-state index contributed by atoms with van der Waals surface area (Å²) in [6, 6.07) is 5.11. The Morgan fingerprint density at radius 3 is 2.59 bits per heavy atom. The molecule has 0 atom stereocenters. The number of rotatable bonds is 2. The Labute approximate surface area is 110 Å². The Bertz CT molecular complexity index is 417. The Kier molecular flexibility index (Phi) is 4.26. The molecule has 0 saturated carbocycles. The maximum atomic E-state index is 11.9. The van der Waals surface area contributed by atoms with Crippen molar-refractivity contribution in [1.82, 2.24) is 5.32 Å². The number of nitrogens with one attached hydrogen (secondary N) is 2. The second-order valence-corrected chi connectivity index (χ2v) is 4.96. The van der Waals surface area contributed by atoms with E-state index in [1.165, 1.54) is 0 Å². The highest BCUT2D eigenvalue weighted by atomic mass is 35.5. The van der Waals surface area contributed by atoms with Gasteiger partial charge in [-0.1, -0.05) is 23.2 Å². The summed E-state index contributed by atoms with van der Waals surface area (Å²) in [5, 5.41) is 7.05. The third kappa shape index (κ3) is 3.35. The Hall–Kier alpha value is -0.770. The fraction of sp³-hybridized carbons (Fsp3) is 0.417. The number of piperidine rings is 1. The smallest absolute Gasteiger partial charge is 0.227 e. The summed E-state index contributed by atoms with van der Waals surface area (Å²) in [5.74, 6) is 0.149. The highest BCUT2D eigenvalue weighted by Crippen LogP contribution is 2.25. The van der Waals surface area contributed by atoms with E-state index in [4.69, 9.17) is 23.2 Å². The topological polar surface area (TPSA) is 41.1 Å². The number of halogens is 2. The zero-order valence-electron chi connectivity index (χ0n) is 9.30. The molecule has 0 aromatic heterocycles. The molecule has 5 heteroatoms.